The molecule has 1 amide bonds. The second kappa shape index (κ2) is 7.69. The highest BCUT2D eigenvalue weighted by atomic mass is 32.1. The Hall–Kier alpha value is -2.98. The molecular formula is C20H21N5O4S. The number of anilines is 1. The number of hydrogen-bond donors (Lipinski definition) is 1. The molecule has 2 aliphatic heterocycles. The fourth-order valence-electron chi connectivity index (χ4n) is 3.79. The average Bonchev–Trinajstić information content (AvgIpc) is 3.34. The highest BCUT2D eigenvalue weighted by molar-refractivity contribution is 7.16. The zero-order chi connectivity index (χ0) is 20.7. The number of nitrogens with zero attached hydrogens (tertiary/aromatic N) is 4. The van der Waals surface area contributed by atoms with Gasteiger partial charge in [0.1, 0.15) is 5.01 Å². The highest BCUT2D eigenvalue weighted by Crippen LogP contribution is 2.34. The maximum absolute atomic E-state index is 12.7. The normalized spacial score (nSPS) is 16.8. The van der Waals surface area contributed by atoms with Gasteiger partial charge in [0.15, 0.2) is 11.5 Å². The molecule has 1 saturated heterocycles. The van der Waals surface area contributed by atoms with E-state index >= 15 is 0 Å². The summed E-state index contributed by atoms with van der Waals surface area (Å²) in [5, 5.41) is 8.24. The predicted octanol–water partition coefficient (Wildman–Crippen LogP) is 2.04. The maximum Gasteiger partial charge on any atom is 0.275 e. The molecule has 1 aromatic carbocycles. The lowest BCUT2D eigenvalue weighted by Gasteiger charge is -2.30. The monoisotopic (exact) mass is 427 g/mol. The van der Waals surface area contributed by atoms with E-state index in [0.29, 0.717) is 28.7 Å². The van der Waals surface area contributed by atoms with Crippen LogP contribution in [-0.2, 0) is 11.3 Å². The molecule has 0 radical (unpaired) electrons. The molecule has 3 aromatic rings. The minimum absolute atomic E-state index is 0.0275. The number of benzene rings is 1. The van der Waals surface area contributed by atoms with Gasteiger partial charge in [0.25, 0.3) is 5.56 Å². The summed E-state index contributed by atoms with van der Waals surface area (Å²) in [5.74, 6) is 1.35. The van der Waals surface area contributed by atoms with Crippen molar-refractivity contribution >= 4 is 27.9 Å². The Morgan fingerprint density at radius 2 is 2.03 bits per heavy atom. The quantitative estimate of drug-likeness (QED) is 0.680. The van der Waals surface area contributed by atoms with Crippen LogP contribution in [-0.4, -0.2) is 45.3 Å². The predicted molar refractivity (Wildman–Crippen MR) is 111 cm³/mol. The Bertz CT molecular complexity index is 1170. The Morgan fingerprint density at radius 3 is 2.87 bits per heavy atom. The minimum atomic E-state index is -0.154. The van der Waals surface area contributed by atoms with E-state index in [1.165, 1.54) is 21.9 Å². The van der Waals surface area contributed by atoms with Crippen molar-refractivity contribution in [2.75, 3.05) is 25.2 Å². The number of likely N-dealkylation sites (tertiary alicyclic amines) is 1. The van der Waals surface area contributed by atoms with E-state index in [-0.39, 0.29) is 24.2 Å². The number of carbonyl (C=O) groups is 1. The Morgan fingerprint density at radius 1 is 1.23 bits per heavy atom. The molecule has 156 valence electrons. The van der Waals surface area contributed by atoms with Crippen LogP contribution < -0.4 is 20.3 Å². The molecule has 4 heterocycles. The van der Waals surface area contributed by atoms with E-state index in [2.05, 4.69) is 20.3 Å². The van der Waals surface area contributed by atoms with Crippen LogP contribution in [0.2, 0.25) is 0 Å². The number of aromatic nitrogens is 3. The van der Waals surface area contributed by atoms with Gasteiger partial charge in [0, 0.05) is 29.4 Å². The maximum atomic E-state index is 12.7. The van der Waals surface area contributed by atoms with E-state index in [4.69, 9.17) is 9.47 Å². The molecule has 2 aliphatic rings. The van der Waals surface area contributed by atoms with Crippen LogP contribution in [0.25, 0.3) is 4.96 Å². The fraction of sp³-hybridized carbons (Fsp3) is 0.400. The lowest BCUT2D eigenvalue weighted by Crippen LogP contribution is -2.37. The molecule has 2 aromatic heterocycles. The second-order valence-electron chi connectivity index (χ2n) is 7.53. The molecule has 0 saturated carbocycles. The summed E-state index contributed by atoms with van der Waals surface area (Å²) >= 11 is 1.44. The van der Waals surface area contributed by atoms with Crippen LogP contribution in [0.5, 0.6) is 11.5 Å². The van der Waals surface area contributed by atoms with Crippen LogP contribution in [0.1, 0.15) is 23.5 Å². The highest BCUT2D eigenvalue weighted by Gasteiger charge is 2.26. The lowest BCUT2D eigenvalue weighted by atomic mass is 9.96. The van der Waals surface area contributed by atoms with Crippen LogP contribution in [0, 0.1) is 12.8 Å². The van der Waals surface area contributed by atoms with Gasteiger partial charge in [-0.1, -0.05) is 11.3 Å². The zero-order valence-corrected chi connectivity index (χ0v) is 17.3. The van der Waals surface area contributed by atoms with Crippen molar-refractivity contribution in [3.8, 4) is 11.5 Å². The van der Waals surface area contributed by atoms with Gasteiger partial charge in [-0.3, -0.25) is 14.5 Å². The van der Waals surface area contributed by atoms with Crippen molar-refractivity contribution in [2.45, 2.75) is 26.3 Å². The number of aryl methyl sites for hydroxylation is 1. The lowest BCUT2D eigenvalue weighted by molar-refractivity contribution is -0.121. The third kappa shape index (κ3) is 3.75. The van der Waals surface area contributed by atoms with E-state index in [1.54, 1.807) is 19.1 Å². The van der Waals surface area contributed by atoms with Crippen LogP contribution in [0.4, 0.5) is 5.69 Å². The number of amides is 1. The number of piperidine rings is 1. The summed E-state index contributed by atoms with van der Waals surface area (Å²) < 4.78 is 12.0. The molecule has 1 N–H and O–H groups in total. The molecule has 1 fully saturated rings. The first-order valence-electron chi connectivity index (χ1n) is 9.84. The van der Waals surface area contributed by atoms with Crippen molar-refractivity contribution in [1.82, 2.24) is 19.5 Å². The molecule has 9 nitrogen and oxygen atoms in total. The van der Waals surface area contributed by atoms with Crippen molar-refractivity contribution in [2.24, 2.45) is 5.92 Å². The number of nitrogens with one attached hydrogen (secondary N) is 1. The largest absolute Gasteiger partial charge is 0.454 e. The molecule has 30 heavy (non-hydrogen) atoms. The summed E-state index contributed by atoms with van der Waals surface area (Å²) in [5.41, 5.74) is 1.26. The number of hydrogen-bond acceptors (Lipinski definition) is 8. The van der Waals surface area contributed by atoms with Gasteiger partial charge in [-0.25, -0.2) is 4.98 Å². The van der Waals surface area contributed by atoms with Crippen molar-refractivity contribution in [1.29, 1.82) is 0 Å². The average molecular weight is 427 g/mol. The molecule has 0 atom stereocenters. The SMILES string of the molecule is Cc1cc(=O)n2nc(CN3CCC(C(=O)Nc4ccc5c(c4)OCO5)CC3)sc2n1. The second-order valence-corrected chi connectivity index (χ2v) is 8.57. The van der Waals surface area contributed by atoms with Gasteiger partial charge in [-0.05, 0) is 45.0 Å². The van der Waals surface area contributed by atoms with Crippen molar-refractivity contribution < 1.29 is 14.3 Å². The molecule has 5 rings (SSSR count). The van der Waals surface area contributed by atoms with E-state index in [0.717, 1.165) is 36.6 Å². The fourth-order valence-corrected chi connectivity index (χ4v) is 4.77. The van der Waals surface area contributed by atoms with Crippen molar-refractivity contribution in [3.63, 3.8) is 0 Å². The van der Waals surface area contributed by atoms with Crippen LogP contribution in [0.15, 0.2) is 29.1 Å². The van der Waals surface area contributed by atoms with Crippen LogP contribution in [0.3, 0.4) is 0 Å². The molecule has 10 heteroatoms. The topological polar surface area (TPSA) is 98.1 Å². The summed E-state index contributed by atoms with van der Waals surface area (Å²) in [6, 6.07) is 6.91. The molecule has 0 aliphatic carbocycles. The summed E-state index contributed by atoms with van der Waals surface area (Å²) in [7, 11) is 0. The molecule has 0 unspecified atom stereocenters. The summed E-state index contributed by atoms with van der Waals surface area (Å²) in [4.78, 5) is 32.0. The van der Waals surface area contributed by atoms with E-state index in [1.807, 2.05) is 6.07 Å². The Labute approximate surface area is 176 Å². The Kier molecular flexibility index (Phi) is 4.87. The third-order valence-electron chi connectivity index (χ3n) is 5.37. The van der Waals surface area contributed by atoms with E-state index < -0.39 is 0 Å². The van der Waals surface area contributed by atoms with Gasteiger partial charge in [-0.2, -0.15) is 9.61 Å². The summed E-state index contributed by atoms with van der Waals surface area (Å²) in [6.07, 6.45) is 1.55. The number of carbonyl (C=O) groups excluding carboxylic acids is 1. The Balaban J connectivity index is 1.18. The van der Waals surface area contributed by atoms with E-state index in [9.17, 15) is 9.59 Å². The van der Waals surface area contributed by atoms with Crippen molar-refractivity contribution in [3.05, 3.63) is 45.3 Å². The standard InChI is InChI=1S/C20H21N5O4S/c1-12-8-18(26)25-20(21-12)30-17(23-25)10-24-6-4-13(5-7-24)19(27)22-14-2-3-15-16(9-14)29-11-28-15/h2-3,8-9,13H,4-7,10-11H2,1H3,(H,22,27). The number of ether oxygens (including phenoxy) is 2. The van der Waals surface area contributed by atoms with Gasteiger partial charge < -0.3 is 14.8 Å². The summed E-state index contributed by atoms with van der Waals surface area (Å²) in [6.45, 7) is 4.28. The first-order chi connectivity index (χ1) is 14.5. The number of fused-ring (bicyclic) bond motifs is 2. The van der Waals surface area contributed by atoms with Gasteiger partial charge >= 0.3 is 0 Å². The first-order valence-corrected chi connectivity index (χ1v) is 10.7. The smallest absolute Gasteiger partial charge is 0.275 e. The first kappa shape index (κ1) is 19.0. The number of rotatable bonds is 4. The van der Waals surface area contributed by atoms with Crippen LogP contribution >= 0.6 is 11.3 Å². The van der Waals surface area contributed by atoms with Gasteiger partial charge in [0.2, 0.25) is 17.7 Å². The van der Waals surface area contributed by atoms with Gasteiger partial charge in [0.05, 0.1) is 6.54 Å². The third-order valence-corrected chi connectivity index (χ3v) is 6.27. The minimum Gasteiger partial charge on any atom is -0.454 e. The van der Waals surface area contributed by atoms with Gasteiger partial charge in [-0.15, -0.1) is 0 Å². The molecular weight excluding hydrogens is 406 g/mol. The molecule has 0 bridgehead atoms. The molecule has 0 spiro atoms. The zero-order valence-electron chi connectivity index (χ0n) is 16.5.